The van der Waals surface area contributed by atoms with Crippen LogP contribution in [0.1, 0.15) is 35.1 Å². The van der Waals surface area contributed by atoms with Crippen molar-refractivity contribution in [1.82, 2.24) is 15.0 Å². The van der Waals surface area contributed by atoms with E-state index in [9.17, 15) is 4.79 Å². The molecular weight excluding hydrogens is 453 g/mol. The SMILES string of the molecule is O=C(c1ccc(Cl)c(Cl)c1)N1CCC[C@H]1c1nc(-c2ccc(Br)cc2)no1. The highest BCUT2D eigenvalue weighted by atomic mass is 79.9. The maximum atomic E-state index is 12.9. The fraction of sp³-hybridized carbons (Fsp3) is 0.211. The molecule has 1 fully saturated rings. The average molecular weight is 467 g/mol. The molecule has 1 atom stereocenters. The molecule has 27 heavy (non-hydrogen) atoms. The van der Waals surface area contributed by atoms with Gasteiger partial charge in [-0.05, 0) is 55.3 Å². The lowest BCUT2D eigenvalue weighted by molar-refractivity contribution is 0.0710. The Morgan fingerprint density at radius 1 is 1.15 bits per heavy atom. The molecule has 1 aliphatic heterocycles. The Morgan fingerprint density at radius 3 is 2.67 bits per heavy atom. The Hall–Kier alpha value is -1.89. The van der Waals surface area contributed by atoms with Gasteiger partial charge in [0.05, 0.1) is 10.0 Å². The lowest BCUT2D eigenvalue weighted by atomic mass is 10.1. The van der Waals surface area contributed by atoms with Crippen molar-refractivity contribution in [2.24, 2.45) is 0 Å². The van der Waals surface area contributed by atoms with Crippen molar-refractivity contribution in [3.63, 3.8) is 0 Å². The van der Waals surface area contributed by atoms with Gasteiger partial charge in [0, 0.05) is 22.1 Å². The summed E-state index contributed by atoms with van der Waals surface area (Å²) in [5, 5.41) is 4.85. The van der Waals surface area contributed by atoms with Crippen LogP contribution in [0.5, 0.6) is 0 Å². The van der Waals surface area contributed by atoms with E-state index in [2.05, 4.69) is 26.1 Å². The zero-order chi connectivity index (χ0) is 19.0. The van der Waals surface area contributed by atoms with E-state index in [1.807, 2.05) is 24.3 Å². The fourth-order valence-corrected chi connectivity index (χ4v) is 3.71. The normalized spacial score (nSPS) is 16.7. The van der Waals surface area contributed by atoms with Crippen LogP contribution in [0.2, 0.25) is 10.0 Å². The number of aromatic nitrogens is 2. The molecule has 2 heterocycles. The van der Waals surface area contributed by atoms with Gasteiger partial charge in [-0.1, -0.05) is 44.3 Å². The summed E-state index contributed by atoms with van der Waals surface area (Å²) in [5.41, 5.74) is 1.34. The molecule has 8 heteroatoms. The number of benzene rings is 2. The van der Waals surface area contributed by atoms with Crippen LogP contribution in [0.15, 0.2) is 51.5 Å². The molecule has 138 valence electrons. The van der Waals surface area contributed by atoms with E-state index < -0.39 is 0 Å². The van der Waals surface area contributed by atoms with Gasteiger partial charge in [0.1, 0.15) is 6.04 Å². The van der Waals surface area contributed by atoms with Gasteiger partial charge < -0.3 is 9.42 Å². The highest BCUT2D eigenvalue weighted by Gasteiger charge is 2.34. The summed E-state index contributed by atoms with van der Waals surface area (Å²) in [6.45, 7) is 0.625. The molecule has 0 saturated carbocycles. The largest absolute Gasteiger partial charge is 0.337 e. The van der Waals surface area contributed by atoms with E-state index in [0.717, 1.165) is 22.9 Å². The number of hydrogen-bond acceptors (Lipinski definition) is 4. The van der Waals surface area contributed by atoms with Crippen molar-refractivity contribution in [3.05, 3.63) is 68.4 Å². The minimum Gasteiger partial charge on any atom is -0.337 e. The van der Waals surface area contributed by atoms with Gasteiger partial charge in [-0.3, -0.25) is 4.79 Å². The van der Waals surface area contributed by atoms with E-state index in [-0.39, 0.29) is 11.9 Å². The number of likely N-dealkylation sites (tertiary alicyclic amines) is 1. The highest BCUT2D eigenvalue weighted by molar-refractivity contribution is 9.10. The molecular formula is C19H14BrCl2N3O2. The van der Waals surface area contributed by atoms with Crippen molar-refractivity contribution in [3.8, 4) is 11.4 Å². The number of nitrogens with zero attached hydrogens (tertiary/aromatic N) is 3. The van der Waals surface area contributed by atoms with Crippen molar-refractivity contribution < 1.29 is 9.32 Å². The monoisotopic (exact) mass is 465 g/mol. The Bertz CT molecular complexity index is 991. The van der Waals surface area contributed by atoms with Gasteiger partial charge in [0.2, 0.25) is 11.7 Å². The summed E-state index contributed by atoms with van der Waals surface area (Å²) in [6.07, 6.45) is 1.64. The second-order valence-corrected chi connectivity index (χ2v) is 7.98. The Labute approximate surface area is 174 Å². The predicted molar refractivity (Wildman–Crippen MR) is 107 cm³/mol. The average Bonchev–Trinajstić information content (AvgIpc) is 3.33. The smallest absolute Gasteiger partial charge is 0.254 e. The van der Waals surface area contributed by atoms with E-state index >= 15 is 0 Å². The molecule has 0 radical (unpaired) electrons. The molecule has 0 bridgehead atoms. The van der Waals surface area contributed by atoms with Crippen LogP contribution in [0.25, 0.3) is 11.4 Å². The molecule has 1 aromatic heterocycles. The Kier molecular flexibility index (Phi) is 5.21. The summed E-state index contributed by atoms with van der Waals surface area (Å²) in [5.74, 6) is 0.824. The van der Waals surface area contributed by atoms with Crippen molar-refractivity contribution >= 4 is 45.0 Å². The summed E-state index contributed by atoms with van der Waals surface area (Å²) < 4.78 is 6.45. The van der Waals surface area contributed by atoms with Gasteiger partial charge in [-0.15, -0.1) is 0 Å². The maximum Gasteiger partial charge on any atom is 0.254 e. The number of halogens is 3. The van der Waals surface area contributed by atoms with Crippen molar-refractivity contribution in [2.75, 3.05) is 6.54 Å². The van der Waals surface area contributed by atoms with E-state index in [1.54, 1.807) is 23.1 Å². The number of amides is 1. The third-order valence-corrected chi connectivity index (χ3v) is 5.78. The van der Waals surface area contributed by atoms with E-state index in [0.29, 0.717) is 33.9 Å². The van der Waals surface area contributed by atoms with Gasteiger partial charge in [0.15, 0.2) is 0 Å². The van der Waals surface area contributed by atoms with Crippen LogP contribution in [0.4, 0.5) is 0 Å². The molecule has 0 N–H and O–H groups in total. The molecule has 0 aliphatic carbocycles. The molecule has 4 rings (SSSR count). The first-order valence-corrected chi connectivity index (χ1v) is 9.93. The fourth-order valence-electron chi connectivity index (χ4n) is 3.15. The Morgan fingerprint density at radius 2 is 1.93 bits per heavy atom. The maximum absolute atomic E-state index is 12.9. The molecule has 1 saturated heterocycles. The van der Waals surface area contributed by atoms with E-state index in [1.165, 1.54) is 0 Å². The third kappa shape index (κ3) is 3.74. The van der Waals surface area contributed by atoms with Crippen LogP contribution >= 0.6 is 39.1 Å². The molecule has 1 amide bonds. The quantitative estimate of drug-likeness (QED) is 0.490. The zero-order valence-electron chi connectivity index (χ0n) is 14.0. The summed E-state index contributed by atoms with van der Waals surface area (Å²) in [4.78, 5) is 19.2. The number of rotatable bonds is 3. The summed E-state index contributed by atoms with van der Waals surface area (Å²) in [6, 6.07) is 12.3. The first kappa shape index (κ1) is 18.5. The Balaban J connectivity index is 1.59. The lowest BCUT2D eigenvalue weighted by Gasteiger charge is -2.22. The van der Waals surface area contributed by atoms with Gasteiger partial charge in [0.25, 0.3) is 5.91 Å². The van der Waals surface area contributed by atoms with Crippen LogP contribution < -0.4 is 0 Å². The molecule has 3 aromatic rings. The summed E-state index contributed by atoms with van der Waals surface area (Å²) >= 11 is 15.4. The van der Waals surface area contributed by atoms with Crippen molar-refractivity contribution in [1.29, 1.82) is 0 Å². The molecule has 1 aliphatic rings. The number of carbonyl (C=O) groups is 1. The third-order valence-electron chi connectivity index (χ3n) is 4.51. The summed E-state index contributed by atoms with van der Waals surface area (Å²) in [7, 11) is 0. The first-order chi connectivity index (χ1) is 13.0. The van der Waals surface area contributed by atoms with Crippen LogP contribution in [-0.2, 0) is 0 Å². The second-order valence-electron chi connectivity index (χ2n) is 6.25. The highest BCUT2D eigenvalue weighted by Crippen LogP contribution is 2.34. The minimum atomic E-state index is -0.247. The first-order valence-electron chi connectivity index (χ1n) is 8.38. The number of hydrogen-bond donors (Lipinski definition) is 0. The second kappa shape index (κ2) is 7.62. The molecule has 5 nitrogen and oxygen atoms in total. The van der Waals surface area contributed by atoms with Gasteiger partial charge >= 0.3 is 0 Å². The predicted octanol–water partition coefficient (Wildman–Crippen LogP) is 5.78. The molecule has 0 spiro atoms. The molecule has 2 aromatic carbocycles. The zero-order valence-corrected chi connectivity index (χ0v) is 17.1. The van der Waals surface area contributed by atoms with E-state index in [4.69, 9.17) is 27.7 Å². The van der Waals surface area contributed by atoms with Gasteiger partial charge in [-0.25, -0.2) is 0 Å². The minimum absolute atomic E-state index is 0.126. The molecule has 0 unspecified atom stereocenters. The van der Waals surface area contributed by atoms with Crippen LogP contribution in [-0.4, -0.2) is 27.5 Å². The van der Waals surface area contributed by atoms with Crippen LogP contribution in [0, 0.1) is 0 Å². The number of carbonyl (C=O) groups excluding carboxylic acids is 1. The standard InChI is InChI=1S/C19H14BrCl2N3O2/c20-13-6-3-11(4-7-13)17-23-18(27-24-17)16-2-1-9-25(16)19(26)12-5-8-14(21)15(22)10-12/h3-8,10,16H,1-2,9H2/t16-/m0/s1. The lowest BCUT2D eigenvalue weighted by Crippen LogP contribution is -2.30. The van der Waals surface area contributed by atoms with Crippen LogP contribution in [0.3, 0.4) is 0 Å². The van der Waals surface area contributed by atoms with Gasteiger partial charge in [-0.2, -0.15) is 4.98 Å². The van der Waals surface area contributed by atoms with Crippen molar-refractivity contribution in [2.45, 2.75) is 18.9 Å². The topological polar surface area (TPSA) is 59.2 Å².